The van der Waals surface area contributed by atoms with E-state index in [9.17, 15) is 14.9 Å². The standard InChI is InChI=1S/C21H18N4O4/c1-29-18-10-9-15(25(27)28)12-17(18)23-20-19-16(8-5-11-22-19)21(26)24(20)13-14-6-3-2-4-7-14/h2-12,20,23H,13H2,1H3. The number of hydrogen-bond acceptors (Lipinski definition) is 6. The Labute approximate surface area is 166 Å². The second-order valence-corrected chi connectivity index (χ2v) is 6.54. The van der Waals surface area contributed by atoms with Crippen molar-refractivity contribution in [1.29, 1.82) is 0 Å². The Morgan fingerprint density at radius 1 is 1.17 bits per heavy atom. The minimum absolute atomic E-state index is 0.0755. The number of rotatable bonds is 6. The number of fused-ring (bicyclic) bond motifs is 1. The Kier molecular flexibility index (Phi) is 4.82. The fourth-order valence-corrected chi connectivity index (χ4v) is 3.39. The number of non-ortho nitro benzene ring substituents is 1. The van der Waals surface area contributed by atoms with Gasteiger partial charge in [0.25, 0.3) is 11.6 Å². The molecule has 29 heavy (non-hydrogen) atoms. The molecule has 0 bridgehead atoms. The van der Waals surface area contributed by atoms with Crippen molar-refractivity contribution in [3.63, 3.8) is 0 Å². The number of carbonyl (C=O) groups excluding carboxylic acids is 1. The van der Waals surface area contributed by atoms with Crippen LogP contribution < -0.4 is 10.1 Å². The summed E-state index contributed by atoms with van der Waals surface area (Å²) in [6.45, 7) is 0.366. The lowest BCUT2D eigenvalue weighted by Crippen LogP contribution is -2.32. The predicted octanol–water partition coefficient (Wildman–Crippen LogP) is 3.77. The van der Waals surface area contributed by atoms with Crippen LogP contribution in [-0.2, 0) is 6.54 Å². The highest BCUT2D eigenvalue weighted by molar-refractivity contribution is 5.99. The Morgan fingerprint density at radius 2 is 1.97 bits per heavy atom. The van der Waals surface area contributed by atoms with Crippen LogP contribution in [0.25, 0.3) is 0 Å². The van der Waals surface area contributed by atoms with E-state index >= 15 is 0 Å². The number of ether oxygens (including phenoxy) is 1. The Hall–Kier alpha value is -3.94. The minimum Gasteiger partial charge on any atom is -0.495 e. The topological polar surface area (TPSA) is 97.6 Å². The van der Waals surface area contributed by atoms with Gasteiger partial charge in [-0.3, -0.25) is 19.9 Å². The van der Waals surface area contributed by atoms with Gasteiger partial charge in [0.15, 0.2) is 0 Å². The molecule has 1 unspecified atom stereocenters. The summed E-state index contributed by atoms with van der Waals surface area (Å²) in [6.07, 6.45) is 1.03. The zero-order valence-corrected chi connectivity index (χ0v) is 15.6. The maximum atomic E-state index is 13.0. The number of benzene rings is 2. The first-order chi connectivity index (χ1) is 14.1. The fraction of sp³-hybridized carbons (Fsp3) is 0.143. The normalized spacial score (nSPS) is 15.1. The van der Waals surface area contributed by atoms with Gasteiger partial charge in [0.1, 0.15) is 11.9 Å². The van der Waals surface area contributed by atoms with E-state index in [1.807, 2.05) is 30.3 Å². The van der Waals surface area contributed by atoms with Crippen molar-refractivity contribution in [2.75, 3.05) is 12.4 Å². The summed E-state index contributed by atoms with van der Waals surface area (Å²) in [6, 6.07) is 17.4. The average Bonchev–Trinajstić information content (AvgIpc) is 3.00. The van der Waals surface area contributed by atoms with Crippen molar-refractivity contribution in [1.82, 2.24) is 9.88 Å². The quantitative estimate of drug-likeness (QED) is 0.508. The Balaban J connectivity index is 1.74. The molecule has 0 fully saturated rings. The summed E-state index contributed by atoms with van der Waals surface area (Å²) in [5.41, 5.74) is 2.38. The lowest BCUT2D eigenvalue weighted by atomic mass is 10.2. The van der Waals surface area contributed by atoms with Gasteiger partial charge in [-0.2, -0.15) is 0 Å². The SMILES string of the molecule is COc1ccc([N+](=O)[O-])cc1NC1c2ncccc2C(=O)N1Cc1ccccc1. The highest BCUT2D eigenvalue weighted by Crippen LogP contribution is 2.37. The molecule has 0 saturated heterocycles. The van der Waals surface area contributed by atoms with E-state index in [0.717, 1.165) is 5.56 Å². The van der Waals surface area contributed by atoms with E-state index in [-0.39, 0.29) is 11.6 Å². The number of nitro groups is 1. The molecule has 0 saturated carbocycles. The van der Waals surface area contributed by atoms with Gasteiger partial charge in [-0.15, -0.1) is 0 Å². The van der Waals surface area contributed by atoms with E-state index in [1.54, 1.807) is 23.2 Å². The molecule has 1 aliphatic heterocycles. The lowest BCUT2D eigenvalue weighted by molar-refractivity contribution is -0.384. The Morgan fingerprint density at radius 3 is 2.69 bits per heavy atom. The number of hydrogen-bond donors (Lipinski definition) is 1. The summed E-state index contributed by atoms with van der Waals surface area (Å²) in [5, 5.41) is 14.4. The molecule has 1 atom stereocenters. The van der Waals surface area contributed by atoms with Crippen LogP contribution in [0.15, 0.2) is 66.9 Å². The number of anilines is 1. The maximum absolute atomic E-state index is 13.0. The van der Waals surface area contributed by atoms with Gasteiger partial charge < -0.3 is 15.0 Å². The zero-order valence-electron chi connectivity index (χ0n) is 15.6. The number of nitro benzene ring substituents is 1. The van der Waals surface area contributed by atoms with Crippen LogP contribution in [-0.4, -0.2) is 27.8 Å². The van der Waals surface area contributed by atoms with Crippen molar-refractivity contribution < 1.29 is 14.5 Å². The highest BCUT2D eigenvalue weighted by Gasteiger charge is 2.38. The molecule has 0 spiro atoms. The van der Waals surface area contributed by atoms with E-state index in [4.69, 9.17) is 4.74 Å². The number of methoxy groups -OCH3 is 1. The molecule has 8 nitrogen and oxygen atoms in total. The largest absolute Gasteiger partial charge is 0.495 e. The molecule has 2 aromatic carbocycles. The molecule has 2 heterocycles. The lowest BCUT2D eigenvalue weighted by Gasteiger charge is -2.27. The van der Waals surface area contributed by atoms with Gasteiger partial charge in [-0.25, -0.2) is 0 Å². The molecule has 1 amide bonds. The molecule has 3 aromatic rings. The number of amides is 1. The number of aromatic nitrogens is 1. The van der Waals surface area contributed by atoms with Crippen molar-refractivity contribution in [3.05, 3.63) is 93.8 Å². The van der Waals surface area contributed by atoms with Crippen LogP contribution in [0, 0.1) is 10.1 Å². The summed E-state index contributed by atoms with van der Waals surface area (Å²) in [7, 11) is 1.49. The van der Waals surface area contributed by atoms with Crippen molar-refractivity contribution in [2.45, 2.75) is 12.7 Å². The molecule has 1 N–H and O–H groups in total. The third kappa shape index (κ3) is 3.47. The molecular formula is C21H18N4O4. The first-order valence-corrected chi connectivity index (χ1v) is 8.97. The smallest absolute Gasteiger partial charge is 0.271 e. The third-order valence-electron chi connectivity index (χ3n) is 4.78. The molecule has 0 radical (unpaired) electrons. The predicted molar refractivity (Wildman–Crippen MR) is 107 cm³/mol. The maximum Gasteiger partial charge on any atom is 0.271 e. The van der Waals surface area contributed by atoms with E-state index < -0.39 is 11.1 Å². The molecule has 0 aliphatic carbocycles. The molecule has 146 valence electrons. The van der Waals surface area contributed by atoms with Gasteiger partial charge in [-0.05, 0) is 23.8 Å². The first kappa shape index (κ1) is 18.4. The minimum atomic E-state index is -0.588. The van der Waals surface area contributed by atoms with Gasteiger partial charge in [-0.1, -0.05) is 30.3 Å². The van der Waals surface area contributed by atoms with Crippen molar-refractivity contribution >= 4 is 17.3 Å². The summed E-state index contributed by atoms with van der Waals surface area (Å²) in [5.74, 6) is 0.283. The summed E-state index contributed by atoms with van der Waals surface area (Å²) < 4.78 is 5.35. The molecule has 4 rings (SSSR count). The second-order valence-electron chi connectivity index (χ2n) is 6.54. The van der Waals surface area contributed by atoms with Gasteiger partial charge in [0.2, 0.25) is 0 Å². The van der Waals surface area contributed by atoms with Crippen LogP contribution >= 0.6 is 0 Å². The van der Waals surface area contributed by atoms with Crippen LogP contribution in [0.5, 0.6) is 5.75 Å². The van der Waals surface area contributed by atoms with Crippen LogP contribution in [0.4, 0.5) is 11.4 Å². The summed E-state index contributed by atoms with van der Waals surface area (Å²) in [4.78, 5) is 29.8. The molecule has 8 heteroatoms. The van der Waals surface area contributed by atoms with Crippen molar-refractivity contribution in [2.24, 2.45) is 0 Å². The molecule has 1 aliphatic rings. The molecule has 1 aromatic heterocycles. The highest BCUT2D eigenvalue weighted by atomic mass is 16.6. The zero-order chi connectivity index (χ0) is 20.4. The third-order valence-corrected chi connectivity index (χ3v) is 4.78. The number of nitrogens with zero attached hydrogens (tertiary/aromatic N) is 3. The van der Waals surface area contributed by atoms with E-state index in [2.05, 4.69) is 10.3 Å². The van der Waals surface area contributed by atoms with Gasteiger partial charge in [0.05, 0.1) is 29.0 Å². The van der Waals surface area contributed by atoms with Crippen LogP contribution in [0.2, 0.25) is 0 Å². The summed E-state index contributed by atoms with van der Waals surface area (Å²) >= 11 is 0. The first-order valence-electron chi connectivity index (χ1n) is 8.97. The number of carbonyl (C=O) groups is 1. The van der Waals surface area contributed by atoms with Gasteiger partial charge in [0, 0.05) is 24.9 Å². The monoisotopic (exact) mass is 390 g/mol. The average molecular weight is 390 g/mol. The van der Waals surface area contributed by atoms with E-state index in [1.165, 1.54) is 25.3 Å². The van der Waals surface area contributed by atoms with Crippen molar-refractivity contribution in [3.8, 4) is 5.75 Å². The number of nitrogens with one attached hydrogen (secondary N) is 1. The fourth-order valence-electron chi connectivity index (χ4n) is 3.39. The second kappa shape index (κ2) is 7.59. The van der Waals surface area contributed by atoms with Crippen LogP contribution in [0.3, 0.4) is 0 Å². The molecular weight excluding hydrogens is 372 g/mol. The Bertz CT molecular complexity index is 1070. The number of pyridine rings is 1. The van der Waals surface area contributed by atoms with E-state index in [0.29, 0.717) is 29.2 Å². The van der Waals surface area contributed by atoms with Crippen LogP contribution in [0.1, 0.15) is 27.8 Å². The van der Waals surface area contributed by atoms with Gasteiger partial charge >= 0.3 is 0 Å².